The third kappa shape index (κ3) is 4.53. The highest BCUT2D eigenvalue weighted by Gasteiger charge is 2.24. The van der Waals surface area contributed by atoms with Crippen LogP contribution in [0.1, 0.15) is 28.4 Å². The first-order chi connectivity index (χ1) is 15.3. The second kappa shape index (κ2) is 8.97. The standard InChI is InChI=1S/C23H20ClN3O3S2/c1-3-32(29,30)19-6-4-5-17(12-19)22(28)27(14-16-7-9-25-10-8-16)23-26-21-15(2)11-18(24)13-20(21)31-23/h4-13H,3,14H2,1-2H3. The monoisotopic (exact) mass is 485 g/mol. The molecule has 0 saturated carbocycles. The molecule has 2 aromatic carbocycles. The van der Waals surface area contributed by atoms with Crippen LogP contribution in [-0.4, -0.2) is 30.0 Å². The van der Waals surface area contributed by atoms with E-state index in [2.05, 4.69) is 4.98 Å². The quantitative estimate of drug-likeness (QED) is 0.370. The summed E-state index contributed by atoms with van der Waals surface area (Å²) in [7, 11) is -3.44. The zero-order valence-electron chi connectivity index (χ0n) is 17.4. The summed E-state index contributed by atoms with van der Waals surface area (Å²) >= 11 is 7.58. The number of pyridine rings is 1. The van der Waals surface area contributed by atoms with Crippen LogP contribution in [0, 0.1) is 6.92 Å². The Labute approximate surface area is 195 Å². The molecule has 0 N–H and O–H groups in total. The van der Waals surface area contributed by atoms with Gasteiger partial charge < -0.3 is 0 Å². The second-order valence-corrected chi connectivity index (χ2v) is 11.0. The van der Waals surface area contributed by atoms with E-state index < -0.39 is 9.84 Å². The van der Waals surface area contributed by atoms with Crippen LogP contribution in [0.5, 0.6) is 0 Å². The summed E-state index contributed by atoms with van der Waals surface area (Å²) in [6, 6.07) is 13.5. The SMILES string of the molecule is CCS(=O)(=O)c1cccc(C(=O)N(Cc2ccncc2)c2nc3c(C)cc(Cl)cc3s2)c1. The van der Waals surface area contributed by atoms with Crippen LogP contribution in [0.25, 0.3) is 10.2 Å². The van der Waals surface area contributed by atoms with Crippen molar-refractivity contribution in [2.45, 2.75) is 25.3 Å². The Bertz CT molecular complexity index is 1400. The maximum Gasteiger partial charge on any atom is 0.260 e. The number of benzene rings is 2. The van der Waals surface area contributed by atoms with Crippen molar-refractivity contribution in [1.29, 1.82) is 0 Å². The van der Waals surface area contributed by atoms with E-state index in [-0.39, 0.29) is 28.7 Å². The van der Waals surface area contributed by atoms with Crippen LogP contribution in [0.2, 0.25) is 5.02 Å². The lowest BCUT2D eigenvalue weighted by Crippen LogP contribution is -2.30. The van der Waals surface area contributed by atoms with Gasteiger partial charge in [-0.1, -0.05) is 35.9 Å². The summed E-state index contributed by atoms with van der Waals surface area (Å²) in [5, 5.41) is 1.12. The summed E-state index contributed by atoms with van der Waals surface area (Å²) in [5.74, 6) is -0.374. The Kier molecular flexibility index (Phi) is 6.28. The Balaban J connectivity index is 1.81. The zero-order valence-corrected chi connectivity index (χ0v) is 19.8. The van der Waals surface area contributed by atoms with Crippen molar-refractivity contribution in [2.75, 3.05) is 10.7 Å². The highest BCUT2D eigenvalue weighted by Crippen LogP contribution is 2.34. The second-order valence-electron chi connectivity index (χ2n) is 7.24. The number of sulfone groups is 1. The number of carbonyl (C=O) groups excluding carboxylic acids is 1. The van der Waals surface area contributed by atoms with Gasteiger partial charge in [0.05, 0.1) is 27.4 Å². The molecule has 0 aliphatic rings. The molecular weight excluding hydrogens is 466 g/mol. The fraction of sp³-hybridized carbons (Fsp3) is 0.174. The predicted octanol–water partition coefficient (Wildman–Crippen LogP) is 5.29. The summed E-state index contributed by atoms with van der Waals surface area (Å²) in [6.07, 6.45) is 3.32. The first kappa shape index (κ1) is 22.4. The first-order valence-electron chi connectivity index (χ1n) is 9.89. The Hall–Kier alpha value is -2.81. The third-order valence-electron chi connectivity index (χ3n) is 5.03. The van der Waals surface area contributed by atoms with Crippen LogP contribution < -0.4 is 4.90 Å². The molecule has 1 amide bonds. The molecule has 0 radical (unpaired) electrons. The molecule has 0 aliphatic heterocycles. The van der Waals surface area contributed by atoms with E-state index in [0.717, 1.165) is 21.3 Å². The van der Waals surface area contributed by atoms with Crippen molar-refractivity contribution in [3.8, 4) is 0 Å². The van der Waals surface area contributed by atoms with Gasteiger partial charge >= 0.3 is 0 Å². The molecule has 2 aromatic heterocycles. The summed E-state index contributed by atoms with van der Waals surface area (Å²) in [4.78, 5) is 24.0. The number of hydrogen-bond acceptors (Lipinski definition) is 6. The van der Waals surface area contributed by atoms with Crippen LogP contribution in [0.15, 0.2) is 65.8 Å². The molecule has 6 nitrogen and oxygen atoms in total. The van der Waals surface area contributed by atoms with Gasteiger partial charge in [-0.15, -0.1) is 0 Å². The van der Waals surface area contributed by atoms with E-state index in [9.17, 15) is 13.2 Å². The van der Waals surface area contributed by atoms with Crippen molar-refractivity contribution >= 4 is 54.0 Å². The molecule has 2 heterocycles. The minimum Gasteiger partial charge on any atom is -0.279 e. The number of fused-ring (bicyclic) bond motifs is 1. The van der Waals surface area contributed by atoms with Crippen LogP contribution in [-0.2, 0) is 16.4 Å². The lowest BCUT2D eigenvalue weighted by atomic mass is 10.2. The van der Waals surface area contributed by atoms with Crippen LogP contribution in [0.4, 0.5) is 5.13 Å². The zero-order chi connectivity index (χ0) is 22.9. The number of rotatable bonds is 6. The predicted molar refractivity (Wildman–Crippen MR) is 128 cm³/mol. The highest BCUT2D eigenvalue weighted by molar-refractivity contribution is 7.91. The molecule has 164 valence electrons. The van der Waals surface area contributed by atoms with E-state index in [4.69, 9.17) is 16.6 Å². The van der Waals surface area contributed by atoms with E-state index in [1.165, 1.54) is 23.5 Å². The molecule has 0 bridgehead atoms. The molecule has 0 aliphatic carbocycles. The van der Waals surface area contributed by atoms with Crippen molar-refractivity contribution in [2.24, 2.45) is 0 Å². The summed E-state index contributed by atoms with van der Waals surface area (Å²) < 4.78 is 25.6. The first-order valence-corrected chi connectivity index (χ1v) is 12.7. The molecule has 32 heavy (non-hydrogen) atoms. The van der Waals surface area contributed by atoms with Crippen molar-refractivity contribution in [3.63, 3.8) is 0 Å². The number of anilines is 1. The molecule has 4 rings (SSSR count). The van der Waals surface area contributed by atoms with Gasteiger partial charge in [-0.25, -0.2) is 13.4 Å². The fourth-order valence-corrected chi connectivity index (χ4v) is 5.64. The van der Waals surface area contributed by atoms with E-state index >= 15 is 0 Å². The van der Waals surface area contributed by atoms with Gasteiger partial charge in [0.15, 0.2) is 15.0 Å². The average Bonchev–Trinajstić information content (AvgIpc) is 3.22. The lowest BCUT2D eigenvalue weighted by molar-refractivity contribution is 0.0985. The minimum absolute atomic E-state index is 0.0384. The maximum absolute atomic E-state index is 13.6. The summed E-state index contributed by atoms with van der Waals surface area (Å²) in [6.45, 7) is 3.76. The Morgan fingerprint density at radius 2 is 1.88 bits per heavy atom. The Morgan fingerprint density at radius 1 is 1.12 bits per heavy atom. The topological polar surface area (TPSA) is 80.2 Å². The molecule has 0 unspecified atom stereocenters. The van der Waals surface area contributed by atoms with E-state index in [1.807, 2.05) is 31.2 Å². The number of aromatic nitrogens is 2. The fourth-order valence-electron chi connectivity index (χ4n) is 3.30. The highest BCUT2D eigenvalue weighted by atomic mass is 35.5. The van der Waals surface area contributed by atoms with Gasteiger partial charge in [0, 0.05) is 23.0 Å². The van der Waals surface area contributed by atoms with Gasteiger partial charge in [-0.2, -0.15) is 0 Å². The average molecular weight is 486 g/mol. The molecule has 0 saturated heterocycles. The maximum atomic E-state index is 13.6. The van der Waals surface area contributed by atoms with Gasteiger partial charge in [0.25, 0.3) is 5.91 Å². The number of carbonyl (C=O) groups is 1. The van der Waals surface area contributed by atoms with Gasteiger partial charge in [0.1, 0.15) is 0 Å². The largest absolute Gasteiger partial charge is 0.279 e. The smallest absolute Gasteiger partial charge is 0.260 e. The molecule has 4 aromatic rings. The number of aryl methyl sites for hydroxylation is 1. The van der Waals surface area contributed by atoms with Crippen LogP contribution >= 0.6 is 22.9 Å². The van der Waals surface area contributed by atoms with Gasteiger partial charge in [-0.05, 0) is 60.5 Å². The number of hydrogen-bond donors (Lipinski definition) is 0. The van der Waals surface area contributed by atoms with Crippen molar-refractivity contribution < 1.29 is 13.2 Å². The number of amides is 1. The van der Waals surface area contributed by atoms with Gasteiger partial charge in [0.2, 0.25) is 0 Å². The Morgan fingerprint density at radius 3 is 2.59 bits per heavy atom. The number of nitrogens with zero attached hydrogens (tertiary/aromatic N) is 3. The van der Waals surface area contributed by atoms with Crippen molar-refractivity contribution in [1.82, 2.24) is 9.97 Å². The molecule has 0 spiro atoms. The molecule has 9 heteroatoms. The molecular formula is C23H20ClN3O3S2. The lowest BCUT2D eigenvalue weighted by Gasteiger charge is -2.20. The van der Waals surface area contributed by atoms with E-state index in [1.54, 1.807) is 36.4 Å². The summed E-state index contributed by atoms with van der Waals surface area (Å²) in [5.41, 5.74) is 2.86. The molecule has 0 fully saturated rings. The normalized spacial score (nSPS) is 11.6. The number of thiazole rings is 1. The third-order valence-corrected chi connectivity index (χ3v) is 8.00. The van der Waals surface area contributed by atoms with E-state index in [0.29, 0.717) is 10.2 Å². The number of halogens is 1. The minimum atomic E-state index is -3.44. The molecule has 0 atom stereocenters. The van der Waals surface area contributed by atoms with Gasteiger partial charge in [-0.3, -0.25) is 14.7 Å². The van der Waals surface area contributed by atoms with Crippen molar-refractivity contribution in [3.05, 3.63) is 82.6 Å². The van der Waals surface area contributed by atoms with Crippen LogP contribution in [0.3, 0.4) is 0 Å².